The van der Waals surface area contributed by atoms with Crippen LogP contribution >= 0.6 is 22.6 Å². The molecule has 0 aromatic carbocycles. The molecule has 2 rings (SSSR count). The van der Waals surface area contributed by atoms with E-state index in [2.05, 4.69) is 33.8 Å². The number of unbranched alkanes of at least 4 members (excludes halogenated alkanes) is 1. The Hall–Kier alpha value is -0.0600. The van der Waals surface area contributed by atoms with Crippen LogP contribution in [0, 0.1) is 23.2 Å². The van der Waals surface area contributed by atoms with Gasteiger partial charge in [0, 0.05) is 5.41 Å². The highest BCUT2D eigenvalue weighted by atomic mass is 127. The first kappa shape index (κ1) is 17.3. The average molecular weight is 404 g/mol. The van der Waals surface area contributed by atoms with E-state index >= 15 is 0 Å². The molecule has 3 heteroatoms. The lowest BCUT2D eigenvalue weighted by Crippen LogP contribution is -2.50. The Labute approximate surface area is 143 Å². The van der Waals surface area contributed by atoms with Gasteiger partial charge in [-0.1, -0.05) is 52.2 Å². The molecule has 2 nitrogen and oxygen atoms in total. The van der Waals surface area contributed by atoms with E-state index in [1.165, 1.54) is 32.1 Å². The van der Waals surface area contributed by atoms with Gasteiger partial charge in [0.25, 0.3) is 0 Å². The van der Waals surface area contributed by atoms with E-state index < -0.39 is 0 Å². The van der Waals surface area contributed by atoms with E-state index in [1.807, 2.05) is 0 Å². The van der Waals surface area contributed by atoms with Gasteiger partial charge in [-0.25, -0.2) is 4.79 Å². The average Bonchev–Trinajstić information content (AvgIpc) is 2.39. The predicted octanol–water partition coefficient (Wildman–Crippen LogP) is 6.14. The van der Waals surface area contributed by atoms with Crippen molar-refractivity contribution in [2.24, 2.45) is 23.2 Å². The summed E-state index contributed by atoms with van der Waals surface area (Å²) in [7, 11) is 0. The summed E-state index contributed by atoms with van der Waals surface area (Å²) in [5, 5.41) is 0. The molecule has 0 spiro atoms. The van der Waals surface area contributed by atoms with Gasteiger partial charge in [-0.05, 0) is 43.4 Å². The standard InChI is InChI=1S/C18H29IO2/c1-5-6-7-15-13(3)8-9-14-10-12(2)11-16(18(14,15)4)21-17(19)20/h10,12-13,15-16H,5-9,11H2,1-4H3/t12-,13-,15-,16-,18-/m0/s1. The van der Waals surface area contributed by atoms with Crippen LogP contribution in [0.2, 0.25) is 0 Å². The van der Waals surface area contributed by atoms with Crippen LogP contribution in [0.3, 0.4) is 0 Å². The Morgan fingerprint density at radius 3 is 2.81 bits per heavy atom. The number of fused-ring (bicyclic) bond motifs is 1. The highest BCUT2D eigenvalue weighted by Gasteiger charge is 2.51. The van der Waals surface area contributed by atoms with Gasteiger partial charge in [-0.3, -0.25) is 0 Å². The summed E-state index contributed by atoms with van der Waals surface area (Å²) in [6.07, 6.45) is 9.75. The monoisotopic (exact) mass is 404 g/mol. The topological polar surface area (TPSA) is 26.3 Å². The maximum atomic E-state index is 11.6. The predicted molar refractivity (Wildman–Crippen MR) is 95.7 cm³/mol. The van der Waals surface area contributed by atoms with Crippen LogP contribution < -0.4 is 0 Å². The number of allylic oxidation sites excluding steroid dienone is 1. The highest BCUT2D eigenvalue weighted by Crippen LogP contribution is 2.56. The molecule has 0 aromatic heterocycles. The molecule has 120 valence electrons. The zero-order valence-corrected chi connectivity index (χ0v) is 16.0. The van der Waals surface area contributed by atoms with Crippen LogP contribution in [-0.4, -0.2) is 10.1 Å². The van der Waals surface area contributed by atoms with Crippen molar-refractivity contribution in [2.45, 2.75) is 72.3 Å². The zero-order valence-electron chi connectivity index (χ0n) is 13.8. The Kier molecular flexibility index (Phi) is 5.77. The third kappa shape index (κ3) is 3.48. The van der Waals surface area contributed by atoms with E-state index in [4.69, 9.17) is 4.74 Å². The molecular weight excluding hydrogens is 375 g/mol. The second kappa shape index (κ2) is 7.01. The molecule has 1 fully saturated rings. The van der Waals surface area contributed by atoms with Crippen LogP contribution in [0.25, 0.3) is 0 Å². The molecule has 2 aliphatic rings. The summed E-state index contributed by atoms with van der Waals surface area (Å²) in [6, 6.07) is 0. The summed E-state index contributed by atoms with van der Waals surface area (Å²) >= 11 is 1.78. The zero-order chi connectivity index (χ0) is 15.6. The summed E-state index contributed by atoms with van der Waals surface area (Å²) in [6.45, 7) is 9.27. The number of carbonyl (C=O) groups is 1. The molecule has 0 bridgehead atoms. The number of hydrogen-bond donors (Lipinski definition) is 0. The summed E-state index contributed by atoms with van der Waals surface area (Å²) < 4.78 is 5.65. The first-order valence-corrected chi connectivity index (χ1v) is 9.54. The summed E-state index contributed by atoms with van der Waals surface area (Å²) in [5.74, 6) is 1.89. The van der Waals surface area contributed by atoms with Crippen molar-refractivity contribution in [3.05, 3.63) is 11.6 Å². The largest absolute Gasteiger partial charge is 0.454 e. The van der Waals surface area contributed by atoms with Crippen molar-refractivity contribution < 1.29 is 9.53 Å². The van der Waals surface area contributed by atoms with Gasteiger partial charge in [-0.2, -0.15) is 0 Å². The van der Waals surface area contributed by atoms with E-state index in [1.54, 1.807) is 28.2 Å². The van der Waals surface area contributed by atoms with Crippen molar-refractivity contribution in [1.29, 1.82) is 0 Å². The van der Waals surface area contributed by atoms with Gasteiger partial charge >= 0.3 is 3.98 Å². The second-order valence-corrected chi connectivity index (χ2v) is 8.18. The van der Waals surface area contributed by atoms with Crippen molar-refractivity contribution in [2.75, 3.05) is 0 Å². The molecule has 0 heterocycles. The molecule has 0 unspecified atom stereocenters. The van der Waals surface area contributed by atoms with Crippen LogP contribution in [0.15, 0.2) is 11.6 Å². The fourth-order valence-corrected chi connectivity index (χ4v) is 4.98. The molecule has 0 radical (unpaired) electrons. The van der Waals surface area contributed by atoms with E-state index in [9.17, 15) is 4.79 Å². The number of rotatable bonds is 4. The van der Waals surface area contributed by atoms with E-state index in [0.29, 0.717) is 11.8 Å². The Balaban J connectivity index is 2.35. The fourth-order valence-electron chi connectivity index (χ4n) is 4.68. The van der Waals surface area contributed by atoms with Crippen LogP contribution in [0.4, 0.5) is 4.79 Å². The lowest BCUT2D eigenvalue weighted by Gasteiger charge is -2.53. The summed E-state index contributed by atoms with van der Waals surface area (Å²) in [4.78, 5) is 11.6. The normalized spacial score (nSPS) is 39.4. The quantitative estimate of drug-likeness (QED) is 0.320. The molecule has 2 aliphatic carbocycles. The summed E-state index contributed by atoms with van der Waals surface area (Å²) in [5.41, 5.74) is 1.61. The number of ether oxygens (including phenoxy) is 1. The Morgan fingerprint density at radius 1 is 1.48 bits per heavy atom. The van der Waals surface area contributed by atoms with Crippen molar-refractivity contribution >= 4 is 26.6 Å². The maximum Gasteiger partial charge on any atom is 0.367 e. The second-order valence-electron chi connectivity index (χ2n) is 7.30. The minimum absolute atomic E-state index is 0.0557. The smallest absolute Gasteiger partial charge is 0.367 e. The molecule has 0 N–H and O–H groups in total. The molecule has 1 saturated carbocycles. The Morgan fingerprint density at radius 2 is 2.19 bits per heavy atom. The van der Waals surface area contributed by atoms with Crippen LogP contribution in [0.5, 0.6) is 0 Å². The Bertz CT molecular complexity index is 417. The van der Waals surface area contributed by atoms with Crippen LogP contribution in [0.1, 0.15) is 66.2 Å². The highest BCUT2D eigenvalue weighted by molar-refractivity contribution is 14.1. The van der Waals surface area contributed by atoms with Crippen molar-refractivity contribution in [1.82, 2.24) is 0 Å². The SMILES string of the molecule is CCCC[C@H]1[C@@H](C)CCC2=C[C@H](C)C[C@H](OC(=O)I)[C@@]21C. The van der Waals surface area contributed by atoms with Gasteiger partial charge in [0.05, 0.1) is 22.6 Å². The number of hydrogen-bond acceptors (Lipinski definition) is 2. The number of halogens is 1. The molecule has 0 saturated heterocycles. The first-order valence-electron chi connectivity index (χ1n) is 8.46. The van der Waals surface area contributed by atoms with Gasteiger partial charge in [0.1, 0.15) is 6.10 Å². The lowest BCUT2D eigenvalue weighted by atomic mass is 9.53. The minimum Gasteiger partial charge on any atom is -0.454 e. The molecule has 5 atom stereocenters. The lowest BCUT2D eigenvalue weighted by molar-refractivity contribution is -0.0382. The molecular formula is C18H29IO2. The van der Waals surface area contributed by atoms with E-state index in [-0.39, 0.29) is 15.5 Å². The molecule has 21 heavy (non-hydrogen) atoms. The molecule has 0 aliphatic heterocycles. The third-order valence-corrected chi connectivity index (χ3v) is 6.12. The third-order valence-electron chi connectivity index (χ3n) is 5.86. The molecule has 0 aromatic rings. The van der Waals surface area contributed by atoms with Crippen molar-refractivity contribution in [3.8, 4) is 0 Å². The molecule has 0 amide bonds. The number of carbonyl (C=O) groups excluding carboxylic acids is 1. The van der Waals surface area contributed by atoms with Gasteiger partial charge in [0.2, 0.25) is 0 Å². The first-order chi connectivity index (χ1) is 9.89. The maximum absolute atomic E-state index is 11.6. The fraction of sp³-hybridized carbons (Fsp3) is 0.833. The van der Waals surface area contributed by atoms with Crippen LogP contribution in [-0.2, 0) is 4.74 Å². The van der Waals surface area contributed by atoms with Gasteiger partial charge < -0.3 is 4.74 Å². The van der Waals surface area contributed by atoms with Gasteiger partial charge in [0.15, 0.2) is 0 Å². The van der Waals surface area contributed by atoms with E-state index in [0.717, 1.165) is 12.3 Å². The minimum atomic E-state index is -0.153. The van der Waals surface area contributed by atoms with Crippen molar-refractivity contribution in [3.63, 3.8) is 0 Å². The van der Waals surface area contributed by atoms with Gasteiger partial charge in [-0.15, -0.1) is 0 Å².